The highest BCUT2D eigenvalue weighted by Gasteiger charge is 2.19. The second kappa shape index (κ2) is 6.52. The molecular formula is C15H20N2O2S. The Kier molecular flexibility index (Phi) is 4.50. The molecule has 0 radical (unpaired) electrons. The molecule has 2 heterocycles. The van der Waals surface area contributed by atoms with Gasteiger partial charge in [0.05, 0.1) is 18.1 Å². The number of rotatable bonds is 5. The van der Waals surface area contributed by atoms with Crippen molar-refractivity contribution in [3.05, 3.63) is 29.5 Å². The van der Waals surface area contributed by atoms with E-state index in [-0.39, 0.29) is 6.10 Å². The van der Waals surface area contributed by atoms with Crippen LogP contribution in [0.15, 0.2) is 28.2 Å². The molecule has 20 heavy (non-hydrogen) atoms. The van der Waals surface area contributed by atoms with Gasteiger partial charge in [-0.3, -0.25) is 0 Å². The standard InChI is InChI=1S/C15H20N2O2S/c18-13-4-1-3-11(7-13)8-16-9-12-10-20-15(17-12)14-5-2-6-19-14/h2,5-6,10-11,13,16,18H,1,3-4,7-9H2. The van der Waals surface area contributed by atoms with Crippen molar-refractivity contribution in [2.24, 2.45) is 5.92 Å². The summed E-state index contributed by atoms with van der Waals surface area (Å²) in [4.78, 5) is 4.56. The third-order valence-corrected chi connectivity index (χ3v) is 4.68. The van der Waals surface area contributed by atoms with Gasteiger partial charge < -0.3 is 14.8 Å². The summed E-state index contributed by atoms with van der Waals surface area (Å²) in [6.45, 7) is 1.74. The molecule has 108 valence electrons. The van der Waals surface area contributed by atoms with E-state index in [1.54, 1.807) is 17.6 Å². The Morgan fingerprint density at radius 2 is 2.40 bits per heavy atom. The van der Waals surface area contributed by atoms with Gasteiger partial charge >= 0.3 is 0 Å². The normalized spacial score (nSPS) is 23.1. The first-order valence-electron chi connectivity index (χ1n) is 7.18. The minimum absolute atomic E-state index is 0.0969. The zero-order chi connectivity index (χ0) is 13.8. The van der Waals surface area contributed by atoms with E-state index in [2.05, 4.69) is 15.7 Å². The molecule has 0 aromatic carbocycles. The van der Waals surface area contributed by atoms with Crippen LogP contribution < -0.4 is 5.32 Å². The molecular weight excluding hydrogens is 272 g/mol. The monoisotopic (exact) mass is 292 g/mol. The van der Waals surface area contributed by atoms with E-state index in [4.69, 9.17) is 4.42 Å². The van der Waals surface area contributed by atoms with E-state index < -0.39 is 0 Å². The van der Waals surface area contributed by atoms with Gasteiger partial charge in [-0.1, -0.05) is 6.42 Å². The molecule has 0 bridgehead atoms. The maximum atomic E-state index is 9.66. The van der Waals surface area contributed by atoms with Gasteiger partial charge in [0.1, 0.15) is 0 Å². The summed E-state index contributed by atoms with van der Waals surface area (Å²) in [5.41, 5.74) is 1.05. The van der Waals surface area contributed by atoms with Crippen LogP contribution in [0, 0.1) is 5.92 Å². The summed E-state index contributed by atoms with van der Waals surface area (Å²) in [5, 5.41) is 16.1. The van der Waals surface area contributed by atoms with Crippen molar-refractivity contribution < 1.29 is 9.52 Å². The SMILES string of the molecule is OC1CCCC(CNCc2csc(-c3ccco3)n2)C1. The Labute approximate surface area is 122 Å². The van der Waals surface area contributed by atoms with Crippen LogP contribution >= 0.6 is 11.3 Å². The van der Waals surface area contributed by atoms with Crippen LogP contribution in [-0.2, 0) is 6.54 Å². The maximum absolute atomic E-state index is 9.66. The lowest BCUT2D eigenvalue weighted by Crippen LogP contribution is -2.28. The Hall–Kier alpha value is -1.17. The summed E-state index contributed by atoms with van der Waals surface area (Å²) in [6, 6.07) is 3.81. The number of aromatic nitrogens is 1. The Bertz CT molecular complexity index is 524. The molecule has 1 aliphatic carbocycles. The minimum Gasteiger partial charge on any atom is -0.462 e. The van der Waals surface area contributed by atoms with Gasteiger partial charge in [-0.15, -0.1) is 11.3 Å². The van der Waals surface area contributed by atoms with Gasteiger partial charge in [-0.25, -0.2) is 4.98 Å². The molecule has 5 heteroatoms. The molecule has 0 aliphatic heterocycles. The number of nitrogens with zero attached hydrogens (tertiary/aromatic N) is 1. The molecule has 0 saturated heterocycles. The average molecular weight is 292 g/mol. The van der Waals surface area contributed by atoms with E-state index in [1.807, 2.05) is 12.1 Å². The first kappa shape index (κ1) is 13.8. The molecule has 0 spiro atoms. The van der Waals surface area contributed by atoms with E-state index in [1.165, 1.54) is 6.42 Å². The summed E-state index contributed by atoms with van der Waals surface area (Å²) >= 11 is 1.61. The van der Waals surface area contributed by atoms with Crippen LogP contribution in [0.3, 0.4) is 0 Å². The molecule has 4 nitrogen and oxygen atoms in total. The second-order valence-electron chi connectivity index (χ2n) is 5.44. The molecule has 2 atom stereocenters. The predicted octanol–water partition coefficient (Wildman–Crippen LogP) is 3.04. The lowest BCUT2D eigenvalue weighted by molar-refractivity contribution is 0.101. The third-order valence-electron chi connectivity index (χ3n) is 3.78. The largest absolute Gasteiger partial charge is 0.462 e. The number of hydrogen-bond donors (Lipinski definition) is 2. The van der Waals surface area contributed by atoms with Crippen molar-refractivity contribution in [3.63, 3.8) is 0 Å². The number of furan rings is 1. The predicted molar refractivity (Wildman–Crippen MR) is 79.5 cm³/mol. The van der Waals surface area contributed by atoms with Crippen molar-refractivity contribution in [1.29, 1.82) is 0 Å². The Morgan fingerprint density at radius 3 is 3.20 bits per heavy atom. The first-order valence-corrected chi connectivity index (χ1v) is 8.06. The van der Waals surface area contributed by atoms with Crippen molar-refractivity contribution >= 4 is 11.3 Å². The molecule has 3 rings (SSSR count). The van der Waals surface area contributed by atoms with E-state index in [0.717, 1.165) is 48.8 Å². The topological polar surface area (TPSA) is 58.3 Å². The number of nitrogens with one attached hydrogen (secondary N) is 1. The maximum Gasteiger partial charge on any atom is 0.162 e. The quantitative estimate of drug-likeness (QED) is 0.889. The van der Waals surface area contributed by atoms with Crippen molar-refractivity contribution in [3.8, 4) is 10.8 Å². The highest BCUT2D eigenvalue weighted by molar-refractivity contribution is 7.13. The summed E-state index contributed by atoms with van der Waals surface area (Å²) < 4.78 is 5.34. The minimum atomic E-state index is -0.0969. The van der Waals surface area contributed by atoms with Gasteiger partial charge in [-0.05, 0) is 43.9 Å². The smallest absolute Gasteiger partial charge is 0.162 e. The van der Waals surface area contributed by atoms with Crippen molar-refractivity contribution in [1.82, 2.24) is 10.3 Å². The zero-order valence-electron chi connectivity index (χ0n) is 11.4. The van der Waals surface area contributed by atoms with Gasteiger partial charge in [0, 0.05) is 11.9 Å². The van der Waals surface area contributed by atoms with Crippen LogP contribution in [0.5, 0.6) is 0 Å². The van der Waals surface area contributed by atoms with Crippen LogP contribution in [0.25, 0.3) is 10.8 Å². The fourth-order valence-corrected chi connectivity index (χ4v) is 3.54. The van der Waals surface area contributed by atoms with Gasteiger partial charge in [0.15, 0.2) is 10.8 Å². The Balaban J connectivity index is 1.47. The van der Waals surface area contributed by atoms with E-state index in [0.29, 0.717) is 5.92 Å². The number of hydrogen-bond acceptors (Lipinski definition) is 5. The van der Waals surface area contributed by atoms with Gasteiger partial charge in [-0.2, -0.15) is 0 Å². The molecule has 2 aromatic heterocycles. The van der Waals surface area contributed by atoms with Crippen molar-refractivity contribution in [2.75, 3.05) is 6.54 Å². The molecule has 0 amide bonds. The lowest BCUT2D eigenvalue weighted by atomic mass is 9.87. The fourth-order valence-electron chi connectivity index (χ4n) is 2.75. The van der Waals surface area contributed by atoms with Crippen LogP contribution in [-0.4, -0.2) is 22.7 Å². The lowest BCUT2D eigenvalue weighted by Gasteiger charge is -2.25. The summed E-state index contributed by atoms with van der Waals surface area (Å²) in [6.07, 6.45) is 5.84. The van der Waals surface area contributed by atoms with Crippen molar-refractivity contribution in [2.45, 2.75) is 38.3 Å². The molecule has 1 saturated carbocycles. The first-order chi connectivity index (χ1) is 9.81. The number of thiazole rings is 1. The molecule has 1 aliphatic rings. The average Bonchev–Trinajstić information content (AvgIpc) is 3.09. The van der Waals surface area contributed by atoms with E-state index in [9.17, 15) is 5.11 Å². The number of aliphatic hydroxyl groups excluding tert-OH is 1. The highest BCUT2D eigenvalue weighted by atomic mass is 32.1. The molecule has 2 aromatic rings. The zero-order valence-corrected chi connectivity index (χ0v) is 12.2. The fraction of sp³-hybridized carbons (Fsp3) is 0.533. The molecule has 1 fully saturated rings. The summed E-state index contributed by atoms with van der Waals surface area (Å²) in [5.74, 6) is 1.43. The van der Waals surface area contributed by atoms with E-state index >= 15 is 0 Å². The van der Waals surface area contributed by atoms with Crippen LogP contribution in [0.1, 0.15) is 31.4 Å². The molecule has 2 unspecified atom stereocenters. The third kappa shape index (κ3) is 3.48. The Morgan fingerprint density at radius 1 is 1.45 bits per heavy atom. The van der Waals surface area contributed by atoms with Crippen LogP contribution in [0.2, 0.25) is 0 Å². The molecule has 2 N–H and O–H groups in total. The van der Waals surface area contributed by atoms with Gasteiger partial charge in [0.2, 0.25) is 0 Å². The van der Waals surface area contributed by atoms with Gasteiger partial charge in [0.25, 0.3) is 0 Å². The number of aliphatic hydroxyl groups is 1. The summed E-state index contributed by atoms with van der Waals surface area (Å²) in [7, 11) is 0. The highest BCUT2D eigenvalue weighted by Crippen LogP contribution is 2.25. The van der Waals surface area contributed by atoms with Crippen LogP contribution in [0.4, 0.5) is 0 Å². The second-order valence-corrected chi connectivity index (χ2v) is 6.30.